The van der Waals surface area contributed by atoms with Crippen molar-refractivity contribution in [1.82, 2.24) is 14.5 Å². The largest absolute Gasteiger partial charge is 0.302 e. The molecular weight excluding hydrogens is 328 g/mol. The Morgan fingerprint density at radius 3 is 3.00 bits per heavy atom. The fraction of sp³-hybridized carbons (Fsp3) is 0.222. The Hall–Kier alpha value is -0.690. The molecule has 0 saturated carbocycles. The van der Waals surface area contributed by atoms with Crippen molar-refractivity contribution in [2.24, 2.45) is 7.05 Å². The highest BCUT2D eigenvalue weighted by Gasteiger charge is 2.09. The Labute approximate surface area is 104 Å². The SMILES string of the molecule is Cn1cnc2cc(CI)nc(Cl)c2c1=O. The van der Waals surface area contributed by atoms with Gasteiger partial charge in [-0.05, 0) is 6.07 Å². The van der Waals surface area contributed by atoms with Crippen LogP contribution in [0.5, 0.6) is 0 Å². The normalized spacial score (nSPS) is 10.9. The summed E-state index contributed by atoms with van der Waals surface area (Å²) in [5.74, 6) is 0. The molecule has 2 aromatic heterocycles. The van der Waals surface area contributed by atoms with Crippen LogP contribution in [-0.2, 0) is 11.5 Å². The minimum atomic E-state index is -0.169. The molecule has 0 unspecified atom stereocenters. The monoisotopic (exact) mass is 335 g/mol. The van der Waals surface area contributed by atoms with Gasteiger partial charge in [-0.2, -0.15) is 0 Å². The van der Waals surface area contributed by atoms with Gasteiger partial charge < -0.3 is 4.57 Å². The van der Waals surface area contributed by atoms with Gasteiger partial charge in [0.05, 0.1) is 17.5 Å². The van der Waals surface area contributed by atoms with E-state index in [1.54, 1.807) is 13.1 Å². The highest BCUT2D eigenvalue weighted by Crippen LogP contribution is 2.18. The quantitative estimate of drug-likeness (QED) is 0.454. The molecule has 2 aromatic rings. The predicted molar refractivity (Wildman–Crippen MR) is 67.5 cm³/mol. The van der Waals surface area contributed by atoms with Gasteiger partial charge in [-0.15, -0.1) is 0 Å². The number of aryl methyl sites for hydroxylation is 1. The summed E-state index contributed by atoms with van der Waals surface area (Å²) < 4.78 is 2.13. The number of rotatable bonds is 1. The van der Waals surface area contributed by atoms with Crippen LogP contribution in [0.25, 0.3) is 10.9 Å². The van der Waals surface area contributed by atoms with Crippen LogP contribution in [0, 0.1) is 0 Å². The number of nitrogens with zero attached hydrogens (tertiary/aromatic N) is 3. The first kappa shape index (κ1) is 10.8. The average Bonchev–Trinajstić information content (AvgIpc) is 2.23. The Kier molecular flexibility index (Phi) is 2.92. The summed E-state index contributed by atoms with van der Waals surface area (Å²) in [6, 6.07) is 1.79. The van der Waals surface area contributed by atoms with Crippen LogP contribution >= 0.6 is 34.2 Å². The Bertz CT molecular complexity index is 581. The second kappa shape index (κ2) is 4.05. The molecule has 6 heteroatoms. The molecule has 2 rings (SSSR count). The molecule has 0 saturated heterocycles. The summed E-state index contributed by atoms with van der Waals surface area (Å²) >= 11 is 8.14. The van der Waals surface area contributed by atoms with Crippen LogP contribution in [0.2, 0.25) is 5.15 Å². The summed E-state index contributed by atoms with van der Waals surface area (Å²) in [6.07, 6.45) is 1.48. The second-order valence-electron chi connectivity index (χ2n) is 3.09. The molecule has 0 amide bonds. The summed E-state index contributed by atoms with van der Waals surface area (Å²) in [7, 11) is 1.64. The molecule has 15 heavy (non-hydrogen) atoms. The number of hydrogen-bond donors (Lipinski definition) is 0. The van der Waals surface area contributed by atoms with Crippen LogP contribution in [0.4, 0.5) is 0 Å². The van der Waals surface area contributed by atoms with Crippen LogP contribution < -0.4 is 5.56 Å². The highest BCUT2D eigenvalue weighted by molar-refractivity contribution is 14.1. The van der Waals surface area contributed by atoms with Crippen molar-refractivity contribution in [3.8, 4) is 0 Å². The summed E-state index contributed by atoms with van der Waals surface area (Å²) in [4.78, 5) is 20.0. The molecule has 0 aliphatic heterocycles. The third-order valence-electron chi connectivity index (χ3n) is 2.05. The number of hydrogen-bond acceptors (Lipinski definition) is 3. The van der Waals surface area contributed by atoms with Crippen LogP contribution in [-0.4, -0.2) is 14.5 Å². The van der Waals surface area contributed by atoms with Crippen LogP contribution in [0.1, 0.15) is 5.69 Å². The van der Waals surface area contributed by atoms with Gasteiger partial charge in [-0.3, -0.25) is 4.79 Å². The van der Waals surface area contributed by atoms with Crippen molar-refractivity contribution in [2.75, 3.05) is 0 Å². The van der Waals surface area contributed by atoms with E-state index in [-0.39, 0.29) is 10.7 Å². The molecule has 0 atom stereocenters. The number of fused-ring (bicyclic) bond motifs is 1. The maximum atomic E-state index is 11.7. The fourth-order valence-electron chi connectivity index (χ4n) is 1.30. The van der Waals surface area contributed by atoms with E-state index in [0.717, 1.165) is 10.1 Å². The van der Waals surface area contributed by atoms with Gasteiger partial charge >= 0.3 is 0 Å². The molecule has 0 aromatic carbocycles. The van der Waals surface area contributed by atoms with E-state index in [9.17, 15) is 4.79 Å². The van der Waals surface area contributed by atoms with E-state index in [1.807, 2.05) is 0 Å². The Morgan fingerprint density at radius 1 is 1.60 bits per heavy atom. The molecule has 2 heterocycles. The van der Waals surface area contributed by atoms with E-state index in [2.05, 4.69) is 32.6 Å². The number of halogens is 2. The zero-order valence-corrected chi connectivity index (χ0v) is 10.8. The predicted octanol–water partition coefficient (Wildman–Crippen LogP) is 1.92. The van der Waals surface area contributed by atoms with E-state index in [0.29, 0.717) is 10.9 Å². The molecule has 0 spiro atoms. The summed E-state index contributed by atoms with van der Waals surface area (Å²) in [5.41, 5.74) is 1.26. The zero-order chi connectivity index (χ0) is 11.0. The lowest BCUT2D eigenvalue weighted by atomic mass is 10.3. The van der Waals surface area contributed by atoms with Crippen LogP contribution in [0.15, 0.2) is 17.2 Å². The molecule has 0 radical (unpaired) electrons. The molecule has 0 bridgehead atoms. The first-order valence-corrected chi connectivity index (χ1v) is 6.10. The van der Waals surface area contributed by atoms with Crippen molar-refractivity contribution < 1.29 is 0 Å². The standard InChI is InChI=1S/C9H7ClIN3O/c1-14-4-12-6-2-5(3-11)13-8(10)7(6)9(14)15/h2,4H,3H2,1H3. The Balaban J connectivity index is 2.92. The van der Waals surface area contributed by atoms with Gasteiger partial charge in [-0.1, -0.05) is 34.2 Å². The zero-order valence-electron chi connectivity index (χ0n) is 7.87. The summed E-state index contributed by atoms with van der Waals surface area (Å²) in [5, 5.41) is 0.614. The van der Waals surface area contributed by atoms with E-state index in [4.69, 9.17) is 11.6 Å². The number of pyridine rings is 1. The van der Waals surface area contributed by atoms with Gasteiger partial charge in [0.2, 0.25) is 0 Å². The van der Waals surface area contributed by atoms with Crippen molar-refractivity contribution in [3.63, 3.8) is 0 Å². The molecule has 0 N–H and O–H groups in total. The van der Waals surface area contributed by atoms with E-state index in [1.165, 1.54) is 10.9 Å². The lowest BCUT2D eigenvalue weighted by Crippen LogP contribution is -2.17. The van der Waals surface area contributed by atoms with Crippen molar-refractivity contribution >= 4 is 45.1 Å². The van der Waals surface area contributed by atoms with Crippen molar-refractivity contribution in [1.29, 1.82) is 0 Å². The minimum absolute atomic E-state index is 0.169. The van der Waals surface area contributed by atoms with Gasteiger partial charge in [0.1, 0.15) is 10.5 Å². The van der Waals surface area contributed by atoms with Crippen molar-refractivity contribution in [3.05, 3.63) is 33.6 Å². The number of aromatic nitrogens is 3. The van der Waals surface area contributed by atoms with Crippen LogP contribution in [0.3, 0.4) is 0 Å². The molecule has 0 aliphatic carbocycles. The van der Waals surface area contributed by atoms with Gasteiger partial charge in [0.25, 0.3) is 5.56 Å². The topological polar surface area (TPSA) is 47.8 Å². The fourth-order valence-corrected chi connectivity index (χ4v) is 1.97. The first-order chi connectivity index (χ1) is 7.13. The molecule has 0 fully saturated rings. The third-order valence-corrected chi connectivity index (χ3v) is 3.10. The molecule has 78 valence electrons. The lowest BCUT2D eigenvalue weighted by Gasteiger charge is -2.03. The van der Waals surface area contributed by atoms with Gasteiger partial charge in [0, 0.05) is 11.5 Å². The first-order valence-electron chi connectivity index (χ1n) is 4.20. The maximum absolute atomic E-state index is 11.7. The smallest absolute Gasteiger partial charge is 0.264 e. The van der Waals surface area contributed by atoms with E-state index >= 15 is 0 Å². The minimum Gasteiger partial charge on any atom is -0.302 e. The highest BCUT2D eigenvalue weighted by atomic mass is 127. The Morgan fingerprint density at radius 2 is 2.33 bits per heavy atom. The van der Waals surface area contributed by atoms with E-state index < -0.39 is 0 Å². The van der Waals surface area contributed by atoms with Gasteiger partial charge in [-0.25, -0.2) is 9.97 Å². The number of alkyl halides is 1. The molecule has 4 nitrogen and oxygen atoms in total. The average molecular weight is 336 g/mol. The van der Waals surface area contributed by atoms with Gasteiger partial charge in [0.15, 0.2) is 0 Å². The second-order valence-corrected chi connectivity index (χ2v) is 4.21. The third kappa shape index (κ3) is 1.85. The maximum Gasteiger partial charge on any atom is 0.264 e. The van der Waals surface area contributed by atoms with Crippen molar-refractivity contribution in [2.45, 2.75) is 4.43 Å². The lowest BCUT2D eigenvalue weighted by molar-refractivity contribution is 0.841. The molecule has 0 aliphatic rings. The molecular formula is C9H7ClIN3O. The summed E-state index contributed by atoms with van der Waals surface area (Å²) in [6.45, 7) is 0.